The molecule has 2 aliphatic rings. The van der Waals surface area contributed by atoms with Gasteiger partial charge in [-0.15, -0.1) is 0 Å². The molecule has 3 nitrogen and oxygen atoms in total. The fraction of sp³-hybridized carbons (Fsp3) is 0.900. The van der Waals surface area contributed by atoms with Gasteiger partial charge < -0.3 is 9.64 Å². The number of hydrogen-bond acceptors (Lipinski definition) is 3. The minimum absolute atomic E-state index is 0.0942. The first-order valence-electron chi connectivity index (χ1n) is 5.00. The third-order valence-corrected chi connectivity index (χ3v) is 3.27. The van der Waals surface area contributed by atoms with Crippen LogP contribution in [0.25, 0.3) is 0 Å². The summed E-state index contributed by atoms with van der Waals surface area (Å²) >= 11 is 0. The number of nitrogens with zero attached hydrogens (tertiary/aromatic N) is 1. The predicted molar refractivity (Wildman–Crippen MR) is 49.6 cm³/mol. The predicted octanol–water partition coefficient (Wildman–Crippen LogP) is 0.829. The van der Waals surface area contributed by atoms with E-state index in [4.69, 9.17) is 4.74 Å². The Labute approximate surface area is 79.0 Å². The zero-order chi connectivity index (χ0) is 9.47. The van der Waals surface area contributed by atoms with E-state index in [1.165, 1.54) is 0 Å². The van der Waals surface area contributed by atoms with Crippen molar-refractivity contribution in [2.45, 2.75) is 37.9 Å². The van der Waals surface area contributed by atoms with E-state index in [1.807, 2.05) is 6.92 Å². The van der Waals surface area contributed by atoms with E-state index in [0.29, 0.717) is 6.42 Å². The first kappa shape index (κ1) is 9.16. The maximum atomic E-state index is 11.4. The van der Waals surface area contributed by atoms with E-state index in [1.54, 1.807) is 0 Å². The molecular formula is C10H17NO2. The van der Waals surface area contributed by atoms with Gasteiger partial charge in [0.05, 0.1) is 5.60 Å². The molecule has 3 heteroatoms. The Morgan fingerprint density at radius 3 is 2.54 bits per heavy atom. The summed E-state index contributed by atoms with van der Waals surface area (Å²) in [5.41, 5.74) is -0.0942. The molecule has 13 heavy (non-hydrogen) atoms. The van der Waals surface area contributed by atoms with Gasteiger partial charge in [0.25, 0.3) is 0 Å². The van der Waals surface area contributed by atoms with Crippen molar-refractivity contribution in [2.75, 3.05) is 20.1 Å². The first-order valence-corrected chi connectivity index (χ1v) is 5.00. The van der Waals surface area contributed by atoms with Crippen LogP contribution in [0, 0.1) is 0 Å². The smallest absolute Gasteiger partial charge is 0.164 e. The van der Waals surface area contributed by atoms with E-state index >= 15 is 0 Å². The van der Waals surface area contributed by atoms with Crippen molar-refractivity contribution in [3.05, 3.63) is 0 Å². The Kier molecular flexibility index (Phi) is 2.16. The zero-order valence-electron chi connectivity index (χ0n) is 8.38. The number of piperidine rings is 1. The summed E-state index contributed by atoms with van der Waals surface area (Å²) in [5, 5.41) is 0. The lowest BCUT2D eigenvalue weighted by molar-refractivity contribution is -0.123. The highest BCUT2D eigenvalue weighted by atomic mass is 16.5. The van der Waals surface area contributed by atoms with Gasteiger partial charge in [0, 0.05) is 19.5 Å². The Bertz CT molecular complexity index is 219. The van der Waals surface area contributed by atoms with Crippen LogP contribution in [-0.2, 0) is 9.53 Å². The third kappa shape index (κ3) is 1.63. The molecule has 2 heterocycles. The van der Waals surface area contributed by atoms with E-state index < -0.39 is 0 Å². The molecule has 0 aromatic carbocycles. The number of hydrogen-bond donors (Lipinski definition) is 0. The second-order valence-electron chi connectivity index (χ2n) is 4.39. The lowest BCUT2D eigenvalue weighted by Gasteiger charge is -2.36. The zero-order valence-corrected chi connectivity index (χ0v) is 8.38. The first-order chi connectivity index (χ1) is 6.11. The number of likely N-dealkylation sites (tertiary alicyclic amines) is 1. The molecule has 0 N–H and O–H groups in total. The van der Waals surface area contributed by atoms with Crippen LogP contribution in [0.3, 0.4) is 0 Å². The standard InChI is InChI=1S/C10H17NO2/c1-8-9(12)7-10(13-8)3-5-11(2)6-4-10/h8H,3-7H2,1-2H3/t8-/m0/s1. The maximum absolute atomic E-state index is 11.4. The monoisotopic (exact) mass is 183 g/mol. The van der Waals surface area contributed by atoms with Crippen molar-refractivity contribution in [3.8, 4) is 0 Å². The van der Waals surface area contributed by atoms with Crippen LogP contribution in [0.5, 0.6) is 0 Å². The van der Waals surface area contributed by atoms with Crippen LogP contribution in [0.1, 0.15) is 26.2 Å². The normalized spacial score (nSPS) is 34.3. The minimum atomic E-state index is -0.164. The molecule has 74 valence electrons. The molecule has 0 aliphatic carbocycles. The van der Waals surface area contributed by atoms with Crippen LogP contribution in [0.15, 0.2) is 0 Å². The van der Waals surface area contributed by atoms with Crippen LogP contribution in [0.4, 0.5) is 0 Å². The van der Waals surface area contributed by atoms with Crippen molar-refractivity contribution >= 4 is 5.78 Å². The van der Waals surface area contributed by atoms with Crippen LogP contribution in [-0.4, -0.2) is 42.5 Å². The van der Waals surface area contributed by atoms with Gasteiger partial charge in [0.2, 0.25) is 0 Å². The van der Waals surface area contributed by atoms with Crippen molar-refractivity contribution < 1.29 is 9.53 Å². The van der Waals surface area contributed by atoms with Gasteiger partial charge in [0.1, 0.15) is 6.10 Å². The fourth-order valence-electron chi connectivity index (χ4n) is 2.26. The Balaban J connectivity index is 2.03. The molecule has 0 aromatic rings. The van der Waals surface area contributed by atoms with Gasteiger partial charge in [-0.1, -0.05) is 0 Å². The van der Waals surface area contributed by atoms with Crippen molar-refractivity contribution in [3.63, 3.8) is 0 Å². The van der Waals surface area contributed by atoms with Crippen LogP contribution < -0.4 is 0 Å². The van der Waals surface area contributed by atoms with E-state index in [-0.39, 0.29) is 17.5 Å². The maximum Gasteiger partial charge on any atom is 0.164 e. The molecule has 2 aliphatic heterocycles. The Hall–Kier alpha value is -0.410. The van der Waals surface area contributed by atoms with Gasteiger partial charge in [-0.25, -0.2) is 0 Å². The number of carbonyl (C=O) groups excluding carboxylic acids is 1. The van der Waals surface area contributed by atoms with Gasteiger partial charge in [-0.3, -0.25) is 4.79 Å². The van der Waals surface area contributed by atoms with Gasteiger partial charge in [-0.2, -0.15) is 0 Å². The molecule has 2 rings (SSSR count). The van der Waals surface area contributed by atoms with Crippen molar-refractivity contribution in [1.82, 2.24) is 4.90 Å². The van der Waals surface area contributed by atoms with E-state index in [0.717, 1.165) is 25.9 Å². The molecule has 0 amide bonds. The Morgan fingerprint density at radius 2 is 2.08 bits per heavy atom. The SMILES string of the molecule is C[C@@H]1OC2(CCN(C)CC2)CC1=O. The highest BCUT2D eigenvalue weighted by Crippen LogP contribution is 2.36. The van der Waals surface area contributed by atoms with Crippen LogP contribution in [0.2, 0.25) is 0 Å². The molecule has 0 radical (unpaired) electrons. The fourth-order valence-corrected chi connectivity index (χ4v) is 2.26. The molecule has 2 fully saturated rings. The summed E-state index contributed by atoms with van der Waals surface area (Å²) in [6, 6.07) is 0. The largest absolute Gasteiger partial charge is 0.364 e. The second-order valence-corrected chi connectivity index (χ2v) is 4.39. The molecular weight excluding hydrogens is 166 g/mol. The van der Waals surface area contributed by atoms with Crippen LogP contribution >= 0.6 is 0 Å². The second kappa shape index (κ2) is 3.07. The minimum Gasteiger partial charge on any atom is -0.364 e. The average Bonchev–Trinajstić information content (AvgIpc) is 2.36. The molecule has 0 unspecified atom stereocenters. The number of ether oxygens (including phenoxy) is 1. The summed E-state index contributed by atoms with van der Waals surface area (Å²) in [7, 11) is 2.12. The number of ketones is 1. The van der Waals surface area contributed by atoms with E-state index in [9.17, 15) is 4.79 Å². The summed E-state index contributed by atoms with van der Waals surface area (Å²) in [4.78, 5) is 13.7. The number of Topliss-reactive ketones (excluding diaryl/α,β-unsaturated/α-hetero) is 1. The summed E-state index contributed by atoms with van der Waals surface area (Å²) in [6.07, 6.45) is 2.50. The molecule has 0 aromatic heterocycles. The van der Waals surface area contributed by atoms with Gasteiger partial charge in [-0.05, 0) is 26.8 Å². The number of carbonyl (C=O) groups is 1. The molecule has 0 bridgehead atoms. The topological polar surface area (TPSA) is 29.5 Å². The van der Waals surface area contributed by atoms with Crippen molar-refractivity contribution in [1.29, 1.82) is 0 Å². The third-order valence-electron chi connectivity index (χ3n) is 3.27. The van der Waals surface area contributed by atoms with Crippen molar-refractivity contribution in [2.24, 2.45) is 0 Å². The summed E-state index contributed by atoms with van der Waals surface area (Å²) in [5.74, 6) is 0.282. The average molecular weight is 183 g/mol. The molecule has 0 saturated carbocycles. The summed E-state index contributed by atoms with van der Waals surface area (Å²) in [6.45, 7) is 3.98. The number of rotatable bonds is 0. The van der Waals surface area contributed by atoms with Gasteiger partial charge in [0.15, 0.2) is 5.78 Å². The quantitative estimate of drug-likeness (QED) is 0.557. The molecule has 1 atom stereocenters. The van der Waals surface area contributed by atoms with E-state index in [2.05, 4.69) is 11.9 Å². The Morgan fingerprint density at radius 1 is 1.46 bits per heavy atom. The lowest BCUT2D eigenvalue weighted by Crippen LogP contribution is -2.42. The molecule has 1 spiro atoms. The lowest BCUT2D eigenvalue weighted by atomic mass is 9.88. The highest BCUT2D eigenvalue weighted by molar-refractivity contribution is 5.85. The highest BCUT2D eigenvalue weighted by Gasteiger charge is 2.44. The summed E-state index contributed by atoms with van der Waals surface area (Å²) < 4.78 is 5.77. The van der Waals surface area contributed by atoms with Gasteiger partial charge >= 0.3 is 0 Å². The molecule has 2 saturated heterocycles.